The van der Waals surface area contributed by atoms with Crippen LogP contribution in [0, 0.1) is 0 Å². The van der Waals surface area contributed by atoms with Gasteiger partial charge in [-0.3, -0.25) is 5.32 Å². The van der Waals surface area contributed by atoms with Gasteiger partial charge in [0, 0.05) is 6.07 Å². The molecule has 0 saturated heterocycles. The zero-order valence-electron chi connectivity index (χ0n) is 16.8. The van der Waals surface area contributed by atoms with Crippen molar-refractivity contribution in [3.8, 4) is 11.5 Å². The van der Waals surface area contributed by atoms with Crippen LogP contribution >= 0.6 is 11.3 Å². The van der Waals surface area contributed by atoms with Crippen LogP contribution in [0.15, 0.2) is 72.8 Å². The molecule has 0 spiro atoms. The second-order valence-corrected chi connectivity index (χ2v) is 7.86. The summed E-state index contributed by atoms with van der Waals surface area (Å²) in [7, 11) is 1.65. The van der Waals surface area contributed by atoms with Crippen molar-refractivity contribution in [2.75, 3.05) is 18.2 Å². The number of nitrogens with two attached hydrogens (primary N) is 1. The lowest BCUT2D eigenvalue weighted by Gasteiger charge is -2.10. The first-order chi connectivity index (χ1) is 15.2. The molecule has 0 aliphatic rings. The molecule has 0 aliphatic heterocycles. The minimum absolute atomic E-state index is 0.198. The van der Waals surface area contributed by atoms with Crippen molar-refractivity contribution in [3.63, 3.8) is 0 Å². The van der Waals surface area contributed by atoms with Gasteiger partial charge in [0.15, 0.2) is 5.75 Å². The summed E-state index contributed by atoms with van der Waals surface area (Å²) in [5.74, 6) is 2.27. The third-order valence-electron chi connectivity index (χ3n) is 4.81. The van der Waals surface area contributed by atoms with E-state index in [9.17, 15) is 0 Å². The molecule has 0 saturated carbocycles. The van der Waals surface area contributed by atoms with Gasteiger partial charge in [-0.15, -0.1) is 0 Å². The number of anilines is 3. The van der Waals surface area contributed by atoms with Gasteiger partial charge in [-0.1, -0.05) is 63.8 Å². The van der Waals surface area contributed by atoms with Crippen molar-refractivity contribution in [2.45, 2.75) is 6.61 Å². The molecule has 2 aromatic heterocycles. The van der Waals surface area contributed by atoms with E-state index in [-0.39, 0.29) is 5.95 Å². The molecule has 3 N–H and O–H groups in total. The van der Waals surface area contributed by atoms with Gasteiger partial charge in [0.1, 0.15) is 23.6 Å². The Bertz CT molecular complexity index is 1370. The lowest BCUT2D eigenvalue weighted by Crippen LogP contribution is -2.27. The Labute approximate surface area is 182 Å². The van der Waals surface area contributed by atoms with Crippen LogP contribution in [0.5, 0.6) is 11.5 Å². The van der Waals surface area contributed by atoms with Crippen LogP contribution in [0.1, 0.15) is 5.56 Å². The Hall–Kier alpha value is -3.91. The van der Waals surface area contributed by atoms with E-state index in [2.05, 4.69) is 15.3 Å². The van der Waals surface area contributed by atoms with Crippen LogP contribution < -0.4 is 24.9 Å². The Morgan fingerprint density at radius 1 is 1.00 bits per heavy atom. The summed E-state index contributed by atoms with van der Waals surface area (Å²) in [5.41, 5.74) is 8.85. The molecule has 0 unspecified atom stereocenters. The summed E-state index contributed by atoms with van der Waals surface area (Å²) in [4.78, 5) is 9.60. The average molecular weight is 431 g/mol. The monoisotopic (exact) mass is 430 g/mol. The lowest BCUT2D eigenvalue weighted by molar-refractivity contribution is -0.467. The quantitative estimate of drug-likeness (QED) is 0.390. The van der Waals surface area contributed by atoms with Crippen LogP contribution in [-0.2, 0) is 6.61 Å². The lowest BCUT2D eigenvalue weighted by atomic mass is 10.2. The molecule has 8 heteroatoms. The first kappa shape index (κ1) is 19.1. The molecule has 3 aromatic carbocycles. The van der Waals surface area contributed by atoms with Crippen molar-refractivity contribution in [2.24, 2.45) is 0 Å². The van der Waals surface area contributed by atoms with Crippen molar-refractivity contribution in [1.29, 1.82) is 0 Å². The minimum atomic E-state index is 0.198. The first-order valence-corrected chi connectivity index (χ1v) is 10.5. The molecular formula is C23H20N5O2S+. The standard InChI is InChI=1S/C23H19N5O2S/c1-29-16-11-12-18-20(13-16)31-23-27-21(24)26-22(28(18)23)25-17-9-5-6-10-19(17)30-14-15-7-3-2-4-8-15/h2-13H,14H2,1H3,(H2,24,25,26)/p+1. The molecule has 0 amide bonds. The minimum Gasteiger partial charge on any atom is -0.497 e. The highest BCUT2D eigenvalue weighted by atomic mass is 32.1. The van der Waals surface area contributed by atoms with Gasteiger partial charge < -0.3 is 15.2 Å². The molecular weight excluding hydrogens is 410 g/mol. The molecule has 0 aliphatic carbocycles. The predicted molar refractivity (Wildman–Crippen MR) is 122 cm³/mol. The highest BCUT2D eigenvalue weighted by molar-refractivity contribution is 7.22. The molecule has 5 rings (SSSR count). The second-order valence-electron chi connectivity index (χ2n) is 6.85. The summed E-state index contributed by atoms with van der Waals surface area (Å²) in [6.45, 7) is 0.467. The Morgan fingerprint density at radius 2 is 1.81 bits per heavy atom. The van der Waals surface area contributed by atoms with Gasteiger partial charge in [-0.05, 0) is 29.8 Å². The number of hydrogen-bond donors (Lipinski definition) is 2. The van der Waals surface area contributed by atoms with Crippen LogP contribution in [0.2, 0.25) is 0 Å². The van der Waals surface area contributed by atoms with E-state index in [4.69, 9.17) is 15.2 Å². The SMILES string of the molecule is COc1ccc2c(c1)sc1nc(N)nc(Nc3ccccc3OCc3ccccc3)[n+]12. The maximum absolute atomic E-state index is 6.08. The van der Waals surface area contributed by atoms with E-state index in [1.165, 1.54) is 11.3 Å². The molecule has 2 heterocycles. The summed E-state index contributed by atoms with van der Waals surface area (Å²) >= 11 is 1.52. The second kappa shape index (κ2) is 8.08. The number of aromatic nitrogens is 3. The van der Waals surface area contributed by atoms with E-state index < -0.39 is 0 Å². The molecule has 7 nitrogen and oxygen atoms in total. The van der Waals surface area contributed by atoms with Crippen LogP contribution in [0.25, 0.3) is 15.2 Å². The number of ether oxygens (including phenoxy) is 2. The molecule has 5 aromatic rings. The number of rotatable bonds is 6. The largest absolute Gasteiger partial charge is 0.497 e. The van der Waals surface area contributed by atoms with Crippen LogP contribution in [0.3, 0.4) is 0 Å². The highest BCUT2D eigenvalue weighted by Crippen LogP contribution is 2.30. The fourth-order valence-corrected chi connectivity index (χ4v) is 4.38. The van der Waals surface area contributed by atoms with Gasteiger partial charge >= 0.3 is 16.9 Å². The van der Waals surface area contributed by atoms with Crippen LogP contribution in [-0.4, -0.2) is 17.1 Å². The summed E-state index contributed by atoms with van der Waals surface area (Å²) in [6, 6.07) is 23.7. The number of methoxy groups -OCH3 is 1. The number of fused-ring (bicyclic) bond motifs is 3. The molecule has 31 heavy (non-hydrogen) atoms. The summed E-state index contributed by atoms with van der Waals surface area (Å²) in [6.07, 6.45) is 0. The predicted octanol–water partition coefficient (Wildman–Crippen LogP) is 4.34. The smallest absolute Gasteiger partial charge is 0.362 e. The topological polar surface area (TPSA) is 86.4 Å². The fraction of sp³-hybridized carbons (Fsp3) is 0.0870. The first-order valence-electron chi connectivity index (χ1n) is 9.70. The molecule has 0 radical (unpaired) electrons. The number of nitrogen functional groups attached to an aromatic ring is 1. The average Bonchev–Trinajstić information content (AvgIpc) is 3.16. The fourth-order valence-electron chi connectivity index (χ4n) is 3.33. The maximum Gasteiger partial charge on any atom is 0.362 e. The zero-order valence-corrected chi connectivity index (χ0v) is 17.6. The normalized spacial score (nSPS) is 11.0. The number of thiazole rings is 1. The summed E-state index contributed by atoms with van der Waals surface area (Å²) in [5, 5.41) is 3.38. The Morgan fingerprint density at radius 3 is 2.65 bits per heavy atom. The van der Waals surface area contributed by atoms with E-state index >= 15 is 0 Å². The number of nitrogens with one attached hydrogen (secondary N) is 1. The zero-order chi connectivity index (χ0) is 21.2. The van der Waals surface area contributed by atoms with Gasteiger partial charge in [-0.25, -0.2) is 0 Å². The summed E-state index contributed by atoms with van der Waals surface area (Å²) < 4.78 is 14.4. The van der Waals surface area contributed by atoms with Crippen molar-refractivity contribution >= 4 is 44.1 Å². The maximum atomic E-state index is 6.08. The highest BCUT2D eigenvalue weighted by Gasteiger charge is 2.21. The molecule has 0 fully saturated rings. The number of benzene rings is 3. The van der Waals surface area contributed by atoms with E-state index in [0.29, 0.717) is 12.6 Å². The Balaban J connectivity index is 1.53. The van der Waals surface area contributed by atoms with Crippen LogP contribution in [0.4, 0.5) is 17.6 Å². The third-order valence-corrected chi connectivity index (χ3v) is 5.82. The van der Waals surface area contributed by atoms with Gasteiger partial charge in [0.05, 0.1) is 11.8 Å². The third kappa shape index (κ3) is 3.80. The van der Waals surface area contributed by atoms with Crippen molar-refractivity contribution in [1.82, 2.24) is 9.97 Å². The molecule has 0 bridgehead atoms. The van der Waals surface area contributed by atoms with Gasteiger partial charge in [-0.2, -0.15) is 4.40 Å². The number of para-hydroxylation sites is 2. The van der Waals surface area contributed by atoms with E-state index in [1.54, 1.807) is 7.11 Å². The van der Waals surface area contributed by atoms with E-state index in [0.717, 1.165) is 37.9 Å². The number of nitrogens with zero attached hydrogens (tertiary/aromatic N) is 3. The molecule has 0 atom stereocenters. The van der Waals surface area contributed by atoms with Gasteiger partial charge in [0.2, 0.25) is 0 Å². The van der Waals surface area contributed by atoms with Crippen molar-refractivity contribution < 1.29 is 13.9 Å². The van der Waals surface area contributed by atoms with E-state index in [1.807, 2.05) is 77.2 Å². The Kier molecular flexibility index (Phi) is 4.97. The molecule has 154 valence electrons. The number of hydrogen-bond acceptors (Lipinski definition) is 7. The van der Waals surface area contributed by atoms with Gasteiger partial charge in [0.25, 0.3) is 0 Å². The van der Waals surface area contributed by atoms with Crippen molar-refractivity contribution in [3.05, 3.63) is 78.4 Å².